The molecule has 1 N–H and O–H groups in total. The molecule has 0 saturated heterocycles. The number of amides is 1. The Hall–Kier alpha value is -2.32. The molecule has 0 aliphatic carbocycles. The number of nitrogens with zero attached hydrogens (tertiary/aromatic N) is 2. The predicted octanol–water partition coefficient (Wildman–Crippen LogP) is 4.24. The van der Waals surface area contributed by atoms with Gasteiger partial charge in [-0.2, -0.15) is 0 Å². The number of halogens is 1. The minimum Gasteiger partial charge on any atom is -0.497 e. The number of hydrogen-bond donors (Lipinski definition) is 1. The summed E-state index contributed by atoms with van der Waals surface area (Å²) in [6, 6.07) is 14.7. The highest BCUT2D eigenvalue weighted by atomic mass is 79.9. The number of benzene rings is 2. The summed E-state index contributed by atoms with van der Waals surface area (Å²) in [6.45, 7) is 0. The number of carbonyl (C=O) groups is 1. The van der Waals surface area contributed by atoms with Crippen LogP contribution in [0.1, 0.15) is 0 Å². The van der Waals surface area contributed by atoms with Crippen LogP contribution in [0.2, 0.25) is 0 Å². The Kier molecular flexibility index (Phi) is 5.72. The second-order valence-electron chi connectivity index (χ2n) is 4.95. The first kappa shape index (κ1) is 17.5. The Morgan fingerprint density at radius 2 is 2.08 bits per heavy atom. The Morgan fingerprint density at radius 3 is 2.88 bits per heavy atom. The van der Waals surface area contributed by atoms with Crippen molar-refractivity contribution in [3.05, 3.63) is 53.0 Å². The van der Waals surface area contributed by atoms with Crippen molar-refractivity contribution in [2.45, 2.75) is 5.22 Å². The average molecular weight is 420 g/mol. The van der Waals surface area contributed by atoms with Crippen molar-refractivity contribution >= 4 is 39.3 Å². The SMILES string of the molecule is COc1cccc(-c2nnc(SCC(=O)Nc3cccc(Br)c3)o2)c1. The maximum absolute atomic E-state index is 12.0. The van der Waals surface area contributed by atoms with Crippen LogP contribution in [0.3, 0.4) is 0 Å². The summed E-state index contributed by atoms with van der Waals surface area (Å²) in [5.41, 5.74) is 1.49. The van der Waals surface area contributed by atoms with Gasteiger partial charge in [0.15, 0.2) is 0 Å². The summed E-state index contributed by atoms with van der Waals surface area (Å²) < 4.78 is 11.7. The third-order valence-corrected chi connectivity index (χ3v) is 4.47. The van der Waals surface area contributed by atoms with Gasteiger partial charge in [0.1, 0.15) is 5.75 Å². The van der Waals surface area contributed by atoms with Crippen LogP contribution in [-0.2, 0) is 4.79 Å². The second kappa shape index (κ2) is 8.17. The van der Waals surface area contributed by atoms with Crippen LogP contribution >= 0.6 is 27.7 Å². The molecular formula is C17H14BrN3O3S. The first-order valence-corrected chi connectivity index (χ1v) is 9.08. The van der Waals surface area contributed by atoms with E-state index < -0.39 is 0 Å². The van der Waals surface area contributed by atoms with Gasteiger partial charge in [-0.1, -0.05) is 39.8 Å². The second-order valence-corrected chi connectivity index (χ2v) is 6.79. The van der Waals surface area contributed by atoms with Gasteiger partial charge in [-0.15, -0.1) is 10.2 Å². The van der Waals surface area contributed by atoms with E-state index in [4.69, 9.17) is 9.15 Å². The molecule has 25 heavy (non-hydrogen) atoms. The van der Waals surface area contributed by atoms with Gasteiger partial charge in [-0.25, -0.2) is 0 Å². The van der Waals surface area contributed by atoms with Crippen molar-refractivity contribution in [1.82, 2.24) is 10.2 Å². The smallest absolute Gasteiger partial charge is 0.277 e. The van der Waals surface area contributed by atoms with Gasteiger partial charge < -0.3 is 14.5 Å². The van der Waals surface area contributed by atoms with Crippen LogP contribution < -0.4 is 10.1 Å². The Balaban J connectivity index is 1.59. The van der Waals surface area contributed by atoms with Crippen LogP contribution in [0.15, 0.2) is 62.6 Å². The highest BCUT2D eigenvalue weighted by Gasteiger charge is 2.12. The Bertz CT molecular complexity index is 885. The first-order valence-electron chi connectivity index (χ1n) is 7.30. The molecule has 1 amide bonds. The molecule has 0 fully saturated rings. The fraction of sp³-hybridized carbons (Fsp3) is 0.118. The van der Waals surface area contributed by atoms with Crippen LogP contribution in [0, 0.1) is 0 Å². The molecule has 3 aromatic rings. The summed E-state index contributed by atoms with van der Waals surface area (Å²) in [5, 5.41) is 11.1. The van der Waals surface area contributed by atoms with Gasteiger partial charge in [-0.3, -0.25) is 4.79 Å². The van der Waals surface area contributed by atoms with Crippen LogP contribution in [0.4, 0.5) is 5.69 Å². The van der Waals surface area contributed by atoms with E-state index in [0.717, 1.165) is 15.7 Å². The first-order chi connectivity index (χ1) is 12.1. The number of aromatic nitrogens is 2. The zero-order valence-corrected chi connectivity index (χ0v) is 15.6. The normalized spacial score (nSPS) is 10.5. The molecule has 1 aromatic heterocycles. The number of anilines is 1. The van der Waals surface area contributed by atoms with Crippen molar-refractivity contribution in [3.63, 3.8) is 0 Å². The van der Waals surface area contributed by atoms with E-state index in [0.29, 0.717) is 16.9 Å². The minimum absolute atomic E-state index is 0.149. The number of thioether (sulfide) groups is 1. The molecular weight excluding hydrogens is 406 g/mol. The topological polar surface area (TPSA) is 77.2 Å². The van der Waals surface area contributed by atoms with Gasteiger partial charge >= 0.3 is 0 Å². The lowest BCUT2D eigenvalue weighted by molar-refractivity contribution is -0.113. The van der Waals surface area contributed by atoms with Crippen molar-refractivity contribution < 1.29 is 13.9 Å². The van der Waals surface area contributed by atoms with Gasteiger partial charge in [0, 0.05) is 15.7 Å². The van der Waals surface area contributed by atoms with Crippen molar-refractivity contribution in [1.29, 1.82) is 0 Å². The van der Waals surface area contributed by atoms with Crippen molar-refractivity contribution in [3.8, 4) is 17.2 Å². The Morgan fingerprint density at radius 1 is 1.24 bits per heavy atom. The highest BCUT2D eigenvalue weighted by Crippen LogP contribution is 2.26. The number of ether oxygens (including phenoxy) is 1. The van der Waals surface area contributed by atoms with Crippen molar-refractivity contribution in [2.24, 2.45) is 0 Å². The monoisotopic (exact) mass is 419 g/mol. The molecule has 0 bridgehead atoms. The maximum atomic E-state index is 12.0. The molecule has 1 heterocycles. The molecule has 0 unspecified atom stereocenters. The lowest BCUT2D eigenvalue weighted by Gasteiger charge is -2.04. The molecule has 0 spiro atoms. The molecule has 0 atom stereocenters. The predicted molar refractivity (Wildman–Crippen MR) is 99.8 cm³/mol. The number of carbonyl (C=O) groups excluding carboxylic acids is 1. The van der Waals surface area contributed by atoms with E-state index in [1.54, 1.807) is 7.11 Å². The molecule has 6 nitrogen and oxygen atoms in total. The van der Waals surface area contributed by atoms with Crippen LogP contribution in [0.25, 0.3) is 11.5 Å². The fourth-order valence-corrected chi connectivity index (χ4v) is 2.99. The van der Waals surface area contributed by atoms with E-state index in [2.05, 4.69) is 31.4 Å². The summed E-state index contributed by atoms with van der Waals surface area (Å²) in [4.78, 5) is 12.0. The quantitative estimate of drug-likeness (QED) is 0.602. The summed E-state index contributed by atoms with van der Waals surface area (Å²) in [6.07, 6.45) is 0. The lowest BCUT2D eigenvalue weighted by atomic mass is 10.2. The minimum atomic E-state index is -0.149. The average Bonchev–Trinajstić information content (AvgIpc) is 3.09. The molecule has 0 aliphatic rings. The Labute approximate surface area is 157 Å². The molecule has 8 heteroatoms. The summed E-state index contributed by atoms with van der Waals surface area (Å²) in [7, 11) is 1.60. The van der Waals surface area contributed by atoms with Gasteiger partial charge in [0.25, 0.3) is 5.22 Å². The zero-order valence-electron chi connectivity index (χ0n) is 13.2. The molecule has 0 aliphatic heterocycles. The largest absolute Gasteiger partial charge is 0.497 e. The molecule has 128 valence electrons. The van der Waals surface area contributed by atoms with Gasteiger partial charge in [0.05, 0.1) is 12.9 Å². The van der Waals surface area contributed by atoms with Crippen molar-refractivity contribution in [2.75, 3.05) is 18.2 Å². The molecule has 0 saturated carbocycles. The van der Waals surface area contributed by atoms with Gasteiger partial charge in [0.2, 0.25) is 11.8 Å². The number of methoxy groups -OCH3 is 1. The third kappa shape index (κ3) is 4.83. The molecule has 3 rings (SSSR count). The zero-order chi connectivity index (χ0) is 17.6. The number of rotatable bonds is 6. The summed E-state index contributed by atoms with van der Waals surface area (Å²) >= 11 is 4.55. The van der Waals surface area contributed by atoms with E-state index >= 15 is 0 Å². The van der Waals surface area contributed by atoms with E-state index in [1.165, 1.54) is 11.8 Å². The van der Waals surface area contributed by atoms with E-state index in [1.807, 2.05) is 48.5 Å². The number of hydrogen-bond acceptors (Lipinski definition) is 6. The van der Waals surface area contributed by atoms with Gasteiger partial charge in [-0.05, 0) is 36.4 Å². The maximum Gasteiger partial charge on any atom is 0.277 e. The third-order valence-electron chi connectivity index (χ3n) is 3.16. The molecule has 2 aromatic carbocycles. The van der Waals surface area contributed by atoms with Crippen LogP contribution in [0.5, 0.6) is 5.75 Å². The van der Waals surface area contributed by atoms with Crippen LogP contribution in [-0.4, -0.2) is 29.0 Å². The number of nitrogens with one attached hydrogen (secondary N) is 1. The lowest BCUT2D eigenvalue weighted by Crippen LogP contribution is -2.13. The van der Waals surface area contributed by atoms with E-state index in [-0.39, 0.29) is 11.7 Å². The standard InChI is InChI=1S/C17H14BrN3O3S/c1-23-14-7-2-4-11(8-14)16-20-21-17(24-16)25-10-15(22)19-13-6-3-5-12(18)9-13/h2-9H,10H2,1H3,(H,19,22). The molecule has 0 radical (unpaired) electrons. The fourth-order valence-electron chi connectivity index (χ4n) is 2.03. The summed E-state index contributed by atoms with van der Waals surface area (Å²) in [5.74, 6) is 1.11. The highest BCUT2D eigenvalue weighted by molar-refractivity contribution is 9.10. The van der Waals surface area contributed by atoms with E-state index in [9.17, 15) is 4.79 Å².